The van der Waals surface area contributed by atoms with Crippen LogP contribution in [0.2, 0.25) is 0 Å². The quantitative estimate of drug-likeness (QED) is 0.606. The molecule has 1 aliphatic carbocycles. The van der Waals surface area contributed by atoms with Crippen molar-refractivity contribution in [2.45, 2.75) is 31.4 Å². The van der Waals surface area contributed by atoms with Crippen LogP contribution in [0.15, 0.2) is 0 Å². The molecule has 0 aromatic heterocycles. The molecular formula is C8H16N2O2. The van der Waals surface area contributed by atoms with Gasteiger partial charge in [0.2, 0.25) is 5.91 Å². The van der Waals surface area contributed by atoms with Gasteiger partial charge in [0.05, 0.1) is 12.1 Å². The molecule has 4 nitrogen and oxygen atoms in total. The summed E-state index contributed by atoms with van der Waals surface area (Å²) in [6.45, 7) is 0. The molecule has 70 valence electrons. The minimum atomic E-state index is -0.479. The standard InChI is InChI=1S/C8H16N2O2/c1-12-6-2-5(3-6)4-7(9)8(10)11/h5-7H,2-4,9H2,1H3,(H2,10,11). The van der Waals surface area contributed by atoms with E-state index in [-0.39, 0.29) is 0 Å². The number of primary amides is 1. The average Bonchev–Trinajstić information content (AvgIpc) is 1.94. The molecule has 1 atom stereocenters. The van der Waals surface area contributed by atoms with Gasteiger partial charge in [-0.15, -0.1) is 0 Å². The molecule has 0 spiro atoms. The summed E-state index contributed by atoms with van der Waals surface area (Å²) in [6.07, 6.45) is 3.10. The molecule has 1 aliphatic rings. The van der Waals surface area contributed by atoms with Crippen molar-refractivity contribution in [3.8, 4) is 0 Å². The van der Waals surface area contributed by atoms with Crippen LogP contribution in [0.1, 0.15) is 19.3 Å². The number of ether oxygens (including phenoxy) is 1. The van der Waals surface area contributed by atoms with E-state index in [0.717, 1.165) is 12.8 Å². The maximum atomic E-state index is 10.6. The van der Waals surface area contributed by atoms with Crippen LogP contribution in [-0.2, 0) is 9.53 Å². The molecule has 0 aromatic carbocycles. The molecule has 1 fully saturated rings. The topological polar surface area (TPSA) is 78.3 Å². The summed E-state index contributed by atoms with van der Waals surface area (Å²) in [5.41, 5.74) is 10.5. The molecule has 0 heterocycles. The van der Waals surface area contributed by atoms with Crippen LogP contribution in [0.25, 0.3) is 0 Å². The summed E-state index contributed by atoms with van der Waals surface area (Å²) in [6, 6.07) is -0.479. The lowest BCUT2D eigenvalue weighted by Crippen LogP contribution is -2.41. The number of hydrogen-bond donors (Lipinski definition) is 2. The second-order valence-corrected chi connectivity index (χ2v) is 3.44. The van der Waals surface area contributed by atoms with Crippen LogP contribution in [0.5, 0.6) is 0 Å². The largest absolute Gasteiger partial charge is 0.381 e. The Bertz CT molecular complexity index is 166. The fourth-order valence-electron chi connectivity index (χ4n) is 1.53. The third-order valence-electron chi connectivity index (χ3n) is 2.48. The number of amides is 1. The molecule has 1 unspecified atom stereocenters. The fourth-order valence-corrected chi connectivity index (χ4v) is 1.53. The van der Waals surface area contributed by atoms with E-state index in [1.165, 1.54) is 0 Å². The van der Waals surface area contributed by atoms with Crippen LogP contribution in [0, 0.1) is 5.92 Å². The molecule has 4 N–H and O–H groups in total. The van der Waals surface area contributed by atoms with Crippen molar-refractivity contribution in [3.63, 3.8) is 0 Å². The van der Waals surface area contributed by atoms with Crippen LogP contribution in [0.3, 0.4) is 0 Å². The Labute approximate surface area is 72.2 Å². The van der Waals surface area contributed by atoms with Gasteiger partial charge in [-0.1, -0.05) is 0 Å². The molecule has 1 rings (SSSR count). The van der Waals surface area contributed by atoms with E-state index in [1.807, 2.05) is 0 Å². The van der Waals surface area contributed by atoms with Crippen LogP contribution in [-0.4, -0.2) is 25.2 Å². The number of rotatable bonds is 4. The number of carbonyl (C=O) groups is 1. The molecule has 0 aliphatic heterocycles. The highest BCUT2D eigenvalue weighted by Gasteiger charge is 2.31. The first-order valence-electron chi connectivity index (χ1n) is 4.21. The third-order valence-corrected chi connectivity index (χ3v) is 2.48. The minimum Gasteiger partial charge on any atom is -0.381 e. The highest BCUT2D eigenvalue weighted by Crippen LogP contribution is 2.32. The zero-order valence-corrected chi connectivity index (χ0v) is 7.32. The van der Waals surface area contributed by atoms with Crippen LogP contribution < -0.4 is 11.5 Å². The third kappa shape index (κ3) is 2.19. The maximum absolute atomic E-state index is 10.6. The Morgan fingerprint density at radius 2 is 2.25 bits per heavy atom. The molecule has 0 aromatic rings. The van der Waals surface area contributed by atoms with Crippen molar-refractivity contribution in [1.82, 2.24) is 0 Å². The zero-order valence-electron chi connectivity index (χ0n) is 7.32. The highest BCUT2D eigenvalue weighted by atomic mass is 16.5. The summed E-state index contributed by atoms with van der Waals surface area (Å²) in [5, 5.41) is 0. The molecule has 1 amide bonds. The summed E-state index contributed by atoms with van der Waals surface area (Å²) < 4.78 is 5.10. The van der Waals surface area contributed by atoms with Gasteiger partial charge < -0.3 is 16.2 Å². The van der Waals surface area contributed by atoms with Gasteiger partial charge in [-0.05, 0) is 25.2 Å². The van der Waals surface area contributed by atoms with Gasteiger partial charge in [-0.3, -0.25) is 4.79 Å². The van der Waals surface area contributed by atoms with Crippen molar-refractivity contribution >= 4 is 5.91 Å². The van der Waals surface area contributed by atoms with E-state index in [2.05, 4.69) is 0 Å². The number of nitrogens with two attached hydrogens (primary N) is 2. The number of methoxy groups -OCH3 is 1. The Morgan fingerprint density at radius 1 is 1.67 bits per heavy atom. The van der Waals surface area contributed by atoms with Gasteiger partial charge >= 0.3 is 0 Å². The maximum Gasteiger partial charge on any atom is 0.234 e. The fraction of sp³-hybridized carbons (Fsp3) is 0.875. The van der Waals surface area contributed by atoms with Crippen LogP contribution in [0.4, 0.5) is 0 Å². The smallest absolute Gasteiger partial charge is 0.234 e. The number of carbonyl (C=O) groups excluding carboxylic acids is 1. The van der Waals surface area contributed by atoms with E-state index in [0.29, 0.717) is 18.4 Å². The van der Waals surface area contributed by atoms with E-state index in [4.69, 9.17) is 16.2 Å². The lowest BCUT2D eigenvalue weighted by Gasteiger charge is -2.35. The van der Waals surface area contributed by atoms with E-state index in [1.54, 1.807) is 7.11 Å². The molecule has 1 saturated carbocycles. The van der Waals surface area contributed by atoms with Crippen molar-refractivity contribution in [2.24, 2.45) is 17.4 Å². The SMILES string of the molecule is COC1CC(CC(N)C(N)=O)C1. The van der Waals surface area contributed by atoms with Crippen molar-refractivity contribution < 1.29 is 9.53 Å². The predicted octanol–water partition coefficient (Wildman–Crippen LogP) is -0.386. The summed E-state index contributed by atoms with van der Waals surface area (Å²) >= 11 is 0. The Kier molecular flexibility index (Phi) is 3.05. The second kappa shape index (κ2) is 3.87. The Morgan fingerprint density at radius 3 is 2.67 bits per heavy atom. The lowest BCUT2D eigenvalue weighted by atomic mass is 9.78. The molecule has 12 heavy (non-hydrogen) atoms. The zero-order chi connectivity index (χ0) is 9.14. The van der Waals surface area contributed by atoms with Gasteiger partial charge in [0.25, 0.3) is 0 Å². The molecule has 4 heteroatoms. The van der Waals surface area contributed by atoms with Crippen molar-refractivity contribution in [3.05, 3.63) is 0 Å². The van der Waals surface area contributed by atoms with Gasteiger partial charge in [0, 0.05) is 7.11 Å². The Hall–Kier alpha value is -0.610. The Balaban J connectivity index is 2.14. The second-order valence-electron chi connectivity index (χ2n) is 3.44. The molecule has 0 radical (unpaired) electrons. The predicted molar refractivity (Wildman–Crippen MR) is 45.3 cm³/mol. The molecule has 0 bridgehead atoms. The molecule has 0 saturated heterocycles. The summed E-state index contributed by atoms with van der Waals surface area (Å²) in [4.78, 5) is 10.6. The van der Waals surface area contributed by atoms with Gasteiger partial charge in [0.1, 0.15) is 0 Å². The van der Waals surface area contributed by atoms with Crippen molar-refractivity contribution in [1.29, 1.82) is 0 Å². The van der Waals surface area contributed by atoms with Gasteiger partial charge in [-0.2, -0.15) is 0 Å². The minimum absolute atomic E-state index is 0.370. The first kappa shape index (κ1) is 9.48. The van der Waals surface area contributed by atoms with E-state index in [9.17, 15) is 4.79 Å². The average molecular weight is 172 g/mol. The van der Waals surface area contributed by atoms with E-state index < -0.39 is 11.9 Å². The normalized spacial score (nSPS) is 30.8. The first-order valence-corrected chi connectivity index (χ1v) is 4.21. The summed E-state index contributed by atoms with van der Waals surface area (Å²) in [5.74, 6) is 0.119. The lowest BCUT2D eigenvalue weighted by molar-refractivity contribution is -0.120. The van der Waals surface area contributed by atoms with Gasteiger partial charge in [0.15, 0.2) is 0 Å². The van der Waals surface area contributed by atoms with Crippen molar-refractivity contribution in [2.75, 3.05) is 7.11 Å². The highest BCUT2D eigenvalue weighted by molar-refractivity contribution is 5.79. The van der Waals surface area contributed by atoms with Crippen LogP contribution >= 0.6 is 0 Å². The monoisotopic (exact) mass is 172 g/mol. The van der Waals surface area contributed by atoms with E-state index >= 15 is 0 Å². The molecular weight excluding hydrogens is 156 g/mol. The number of hydrogen-bond acceptors (Lipinski definition) is 3. The first-order chi connectivity index (χ1) is 5.63. The van der Waals surface area contributed by atoms with Gasteiger partial charge in [-0.25, -0.2) is 0 Å². The summed E-state index contributed by atoms with van der Waals surface area (Å²) in [7, 11) is 1.70.